The molecule has 2 aromatic rings. The van der Waals surface area contributed by atoms with Crippen LogP contribution in [0.5, 0.6) is 0 Å². The van der Waals surface area contributed by atoms with E-state index >= 15 is 0 Å². The van der Waals surface area contributed by atoms with Crippen molar-refractivity contribution in [1.29, 1.82) is 5.26 Å². The van der Waals surface area contributed by atoms with E-state index in [4.69, 9.17) is 10.00 Å². The van der Waals surface area contributed by atoms with E-state index in [-0.39, 0.29) is 29.1 Å². The van der Waals surface area contributed by atoms with Gasteiger partial charge in [-0.3, -0.25) is 4.79 Å². The van der Waals surface area contributed by atoms with Gasteiger partial charge in [0.2, 0.25) is 0 Å². The van der Waals surface area contributed by atoms with Gasteiger partial charge in [-0.05, 0) is 61.8 Å². The van der Waals surface area contributed by atoms with Crippen LogP contribution >= 0.6 is 0 Å². The molecule has 1 aliphatic carbocycles. The molecule has 1 aromatic carbocycles. The van der Waals surface area contributed by atoms with Gasteiger partial charge >= 0.3 is 0 Å². The van der Waals surface area contributed by atoms with Gasteiger partial charge in [-0.1, -0.05) is 26.0 Å². The lowest BCUT2D eigenvalue weighted by Crippen LogP contribution is -2.41. The molecule has 2 heterocycles. The molecule has 1 aromatic heterocycles. The molecule has 33 heavy (non-hydrogen) atoms. The minimum absolute atomic E-state index is 0.0374. The van der Waals surface area contributed by atoms with Gasteiger partial charge in [-0.25, -0.2) is 4.98 Å². The van der Waals surface area contributed by atoms with Crippen LogP contribution in [0.4, 0.5) is 5.69 Å². The second-order valence-electron chi connectivity index (χ2n) is 10.3. The molecule has 7 nitrogen and oxygen atoms in total. The highest BCUT2D eigenvalue weighted by molar-refractivity contribution is 6.03. The Morgan fingerprint density at radius 3 is 2.64 bits per heavy atom. The van der Waals surface area contributed by atoms with Crippen LogP contribution < -0.4 is 5.32 Å². The number of aromatic nitrogens is 2. The lowest BCUT2D eigenvalue weighted by molar-refractivity contribution is -0.135. The summed E-state index contributed by atoms with van der Waals surface area (Å²) < 4.78 is 5.85. The van der Waals surface area contributed by atoms with Crippen LogP contribution in [-0.2, 0) is 10.3 Å². The van der Waals surface area contributed by atoms with Crippen LogP contribution in [0.2, 0.25) is 0 Å². The van der Waals surface area contributed by atoms with Gasteiger partial charge in [-0.2, -0.15) is 5.26 Å². The second kappa shape index (κ2) is 8.77. The number of nitrogens with one attached hydrogen (secondary N) is 2. The van der Waals surface area contributed by atoms with Crippen LogP contribution in [-0.4, -0.2) is 33.2 Å². The zero-order valence-corrected chi connectivity index (χ0v) is 19.7. The number of anilines is 1. The molecule has 0 radical (unpaired) electrons. The summed E-state index contributed by atoms with van der Waals surface area (Å²) in [7, 11) is 0. The number of allylic oxidation sites excluding steroid dienone is 2. The Morgan fingerprint density at radius 2 is 2.03 bits per heavy atom. The average molecular weight is 449 g/mol. The van der Waals surface area contributed by atoms with E-state index in [2.05, 4.69) is 35.2 Å². The molecule has 4 rings (SSSR count). The van der Waals surface area contributed by atoms with Crippen molar-refractivity contribution in [2.24, 2.45) is 5.41 Å². The Hall–Kier alpha value is -2.95. The van der Waals surface area contributed by atoms with E-state index in [1.54, 1.807) is 0 Å². The summed E-state index contributed by atoms with van der Waals surface area (Å²) in [6.45, 7) is 8.49. The van der Waals surface area contributed by atoms with Gasteiger partial charge < -0.3 is 20.1 Å². The maximum Gasteiger partial charge on any atom is 0.291 e. The Bertz CT molecular complexity index is 1110. The summed E-state index contributed by atoms with van der Waals surface area (Å²) in [4.78, 5) is 19.6. The number of amides is 1. The first kappa shape index (κ1) is 23.2. The predicted molar refractivity (Wildman–Crippen MR) is 126 cm³/mol. The maximum absolute atomic E-state index is 12.8. The second-order valence-corrected chi connectivity index (χ2v) is 10.3. The molecular weight excluding hydrogens is 416 g/mol. The number of nitrogens with zero attached hydrogens (tertiary/aromatic N) is 2. The molecule has 2 aliphatic rings. The summed E-state index contributed by atoms with van der Waals surface area (Å²) in [6, 6.07) is 7.69. The summed E-state index contributed by atoms with van der Waals surface area (Å²) >= 11 is 0. The van der Waals surface area contributed by atoms with E-state index in [1.165, 1.54) is 11.8 Å². The van der Waals surface area contributed by atoms with Crippen molar-refractivity contribution in [1.82, 2.24) is 9.97 Å². The Kier molecular flexibility index (Phi) is 6.17. The van der Waals surface area contributed by atoms with Gasteiger partial charge in [0.25, 0.3) is 5.91 Å². The third-order valence-corrected chi connectivity index (χ3v) is 6.75. The van der Waals surface area contributed by atoms with Gasteiger partial charge in [-0.15, -0.1) is 0 Å². The fraction of sp³-hybridized carbons (Fsp3) is 0.500. The molecule has 0 spiro atoms. The smallest absolute Gasteiger partial charge is 0.291 e. The first-order valence-electron chi connectivity index (χ1n) is 11.6. The molecule has 3 atom stereocenters. The third-order valence-electron chi connectivity index (χ3n) is 6.75. The number of benzene rings is 1. The number of hydrogen-bond acceptors (Lipinski definition) is 5. The lowest BCUT2D eigenvalue weighted by Gasteiger charge is -2.40. The highest BCUT2D eigenvalue weighted by atomic mass is 16.5. The lowest BCUT2D eigenvalue weighted by atomic mass is 9.75. The van der Waals surface area contributed by atoms with Crippen molar-refractivity contribution < 1.29 is 14.6 Å². The number of aromatic amines is 1. The zero-order chi connectivity index (χ0) is 23.8. The summed E-state index contributed by atoms with van der Waals surface area (Å²) in [6.07, 6.45) is 7.53. The summed E-state index contributed by atoms with van der Waals surface area (Å²) in [5, 5.41) is 23.5. The zero-order valence-electron chi connectivity index (χ0n) is 19.7. The number of H-pyrrole nitrogens is 1. The van der Waals surface area contributed by atoms with Crippen LogP contribution in [0.15, 0.2) is 30.5 Å². The van der Waals surface area contributed by atoms with E-state index in [1.807, 2.05) is 38.1 Å². The Balaban J connectivity index is 1.71. The monoisotopic (exact) mass is 448 g/mol. The third kappa shape index (κ3) is 5.02. The first-order chi connectivity index (χ1) is 15.6. The molecule has 174 valence electrons. The molecule has 1 saturated heterocycles. The van der Waals surface area contributed by atoms with Crippen molar-refractivity contribution in [3.05, 3.63) is 53.1 Å². The van der Waals surface area contributed by atoms with Crippen molar-refractivity contribution in [2.75, 3.05) is 5.32 Å². The van der Waals surface area contributed by atoms with Crippen molar-refractivity contribution in [3.63, 3.8) is 0 Å². The molecule has 7 heteroatoms. The molecule has 0 unspecified atom stereocenters. The van der Waals surface area contributed by atoms with E-state index < -0.39 is 11.5 Å². The van der Waals surface area contributed by atoms with E-state index in [0.29, 0.717) is 18.5 Å². The minimum Gasteiger partial charge on any atom is -0.385 e. The number of nitriles is 1. The molecule has 1 aliphatic heterocycles. The standard InChI is InChI=1S/C26H32N4O3/c1-16-12-26(32,13-17(2)33-16)19-5-6-22(30-24(31)23-28-15-20(14-27)29-23)21(11-19)18-7-9-25(3,4)10-8-18/h5-7,11,15-17,32H,8-10,12-13H2,1-4H3,(H,28,29)(H,30,31)/t16-,17+,26-. The maximum atomic E-state index is 12.8. The van der Waals surface area contributed by atoms with Gasteiger partial charge in [0.15, 0.2) is 11.5 Å². The summed E-state index contributed by atoms with van der Waals surface area (Å²) in [5.74, 6) is -0.319. The molecule has 3 N–H and O–H groups in total. The highest BCUT2D eigenvalue weighted by Gasteiger charge is 2.39. The van der Waals surface area contributed by atoms with Gasteiger partial charge in [0.1, 0.15) is 6.07 Å². The SMILES string of the molecule is C[C@@H]1C[C@](O)(c2ccc(NC(=O)c3nc(C#N)c[nH]3)c(C3=CCC(C)(C)CC3)c2)C[C@H](C)O1. The number of hydrogen-bond donors (Lipinski definition) is 3. The topological polar surface area (TPSA) is 111 Å². The van der Waals surface area contributed by atoms with Gasteiger partial charge in [0, 0.05) is 30.3 Å². The van der Waals surface area contributed by atoms with Crippen LogP contribution in [0, 0.1) is 16.7 Å². The molecule has 1 fully saturated rings. The minimum atomic E-state index is -0.981. The van der Waals surface area contributed by atoms with Crippen molar-refractivity contribution in [3.8, 4) is 6.07 Å². The number of rotatable bonds is 4. The summed E-state index contributed by atoms with van der Waals surface area (Å²) in [5.41, 5.74) is 3.03. The van der Waals surface area contributed by atoms with Crippen LogP contribution in [0.3, 0.4) is 0 Å². The number of aliphatic hydroxyl groups is 1. The first-order valence-corrected chi connectivity index (χ1v) is 11.6. The molecular formula is C26H32N4O3. The molecule has 1 amide bonds. The predicted octanol–water partition coefficient (Wildman–Crippen LogP) is 4.90. The fourth-order valence-corrected chi connectivity index (χ4v) is 4.97. The Labute approximate surface area is 194 Å². The van der Waals surface area contributed by atoms with Gasteiger partial charge in [0.05, 0.1) is 17.8 Å². The van der Waals surface area contributed by atoms with E-state index in [9.17, 15) is 9.90 Å². The van der Waals surface area contributed by atoms with Crippen molar-refractivity contribution >= 4 is 17.2 Å². The van der Waals surface area contributed by atoms with E-state index in [0.717, 1.165) is 30.4 Å². The Morgan fingerprint density at radius 1 is 1.30 bits per heavy atom. The number of carbonyl (C=O) groups is 1. The van der Waals surface area contributed by atoms with Crippen LogP contribution in [0.1, 0.15) is 87.2 Å². The molecule has 0 bridgehead atoms. The number of carbonyl (C=O) groups excluding carboxylic acids is 1. The number of imidazole rings is 1. The molecule has 0 saturated carbocycles. The van der Waals surface area contributed by atoms with Crippen LogP contribution in [0.25, 0.3) is 5.57 Å². The van der Waals surface area contributed by atoms with Crippen molar-refractivity contribution in [2.45, 2.75) is 77.6 Å². The number of ether oxygens (including phenoxy) is 1. The normalized spacial score (nSPS) is 26.8. The quantitative estimate of drug-likeness (QED) is 0.616. The largest absolute Gasteiger partial charge is 0.385 e. The average Bonchev–Trinajstić information content (AvgIpc) is 3.23. The highest BCUT2D eigenvalue weighted by Crippen LogP contribution is 2.43. The fourth-order valence-electron chi connectivity index (χ4n) is 4.97.